The second-order valence-corrected chi connectivity index (χ2v) is 4.44. The molecule has 1 aromatic carbocycles. The van der Waals surface area contributed by atoms with Crippen molar-refractivity contribution >= 4 is 29.0 Å². The second-order valence-electron chi connectivity index (χ2n) is 4.03. The van der Waals surface area contributed by atoms with Gasteiger partial charge in [-0.15, -0.1) is 0 Å². The molecule has 1 aliphatic rings. The van der Waals surface area contributed by atoms with Gasteiger partial charge in [0.25, 0.3) is 5.91 Å². The predicted octanol–water partition coefficient (Wildman–Crippen LogP) is 1.32. The highest BCUT2D eigenvalue weighted by Gasteiger charge is 2.31. The third-order valence-corrected chi connectivity index (χ3v) is 3.08. The number of carbonyl (C=O) groups excluding carboxylic acids is 2. The lowest BCUT2D eigenvalue weighted by Crippen LogP contribution is -2.42. The van der Waals surface area contributed by atoms with Crippen molar-refractivity contribution in [2.24, 2.45) is 0 Å². The fourth-order valence-electron chi connectivity index (χ4n) is 1.93. The molecule has 0 radical (unpaired) electrons. The number of ketones is 1. The average Bonchev–Trinajstić information content (AvgIpc) is 2.33. The van der Waals surface area contributed by atoms with Gasteiger partial charge in [0, 0.05) is 25.3 Å². The molecule has 1 N–H and O–H groups in total. The van der Waals surface area contributed by atoms with Crippen molar-refractivity contribution in [1.82, 2.24) is 0 Å². The van der Waals surface area contributed by atoms with Crippen molar-refractivity contribution in [3.8, 4) is 0 Å². The third kappa shape index (κ3) is 2.23. The first-order valence-electron chi connectivity index (χ1n) is 5.48. The average molecular weight is 272 g/mol. The summed E-state index contributed by atoms with van der Waals surface area (Å²) in [5.41, 5.74) is 0.888. The van der Waals surface area contributed by atoms with Crippen LogP contribution in [0, 0.1) is 5.82 Å². The zero-order valence-electron chi connectivity index (χ0n) is 9.45. The largest absolute Gasteiger partial charge is 0.396 e. The van der Waals surface area contributed by atoms with Crippen LogP contribution in [0.25, 0.3) is 0 Å². The van der Waals surface area contributed by atoms with Crippen molar-refractivity contribution in [2.45, 2.75) is 12.8 Å². The summed E-state index contributed by atoms with van der Waals surface area (Å²) in [7, 11) is 0. The van der Waals surface area contributed by atoms with Gasteiger partial charge >= 0.3 is 0 Å². The van der Waals surface area contributed by atoms with Crippen molar-refractivity contribution < 1.29 is 19.1 Å². The van der Waals surface area contributed by atoms with Crippen LogP contribution in [-0.2, 0) is 16.0 Å². The first kappa shape index (κ1) is 13.0. The molecular formula is C12H11ClFNO3. The van der Waals surface area contributed by atoms with E-state index in [0.29, 0.717) is 17.7 Å². The van der Waals surface area contributed by atoms with Crippen LogP contribution in [0.5, 0.6) is 0 Å². The molecule has 0 atom stereocenters. The standard InChI is InChI=1S/C12H11ClFNO3/c13-8-6-10-7(4-9(8)14)5-11(17)12(18)15(10)2-1-3-16/h4,6,16H,1-3,5H2. The Labute approximate surface area is 108 Å². The predicted molar refractivity (Wildman–Crippen MR) is 64.2 cm³/mol. The fourth-order valence-corrected chi connectivity index (χ4v) is 2.09. The number of rotatable bonds is 3. The van der Waals surface area contributed by atoms with Crippen molar-refractivity contribution in [3.63, 3.8) is 0 Å². The van der Waals surface area contributed by atoms with Gasteiger partial charge in [-0.25, -0.2) is 4.39 Å². The number of Topliss-reactive ketones (excluding diaryl/α,β-unsaturated/α-hetero) is 1. The van der Waals surface area contributed by atoms with Gasteiger partial charge in [-0.05, 0) is 24.1 Å². The molecule has 0 aliphatic carbocycles. The molecule has 1 heterocycles. The zero-order valence-corrected chi connectivity index (χ0v) is 10.2. The van der Waals surface area contributed by atoms with Crippen LogP contribution < -0.4 is 4.90 Å². The van der Waals surface area contributed by atoms with E-state index in [1.54, 1.807) is 0 Å². The second kappa shape index (κ2) is 5.04. The smallest absolute Gasteiger partial charge is 0.294 e. The summed E-state index contributed by atoms with van der Waals surface area (Å²) in [6.45, 7) is 0.109. The van der Waals surface area contributed by atoms with Crippen LogP contribution in [-0.4, -0.2) is 29.9 Å². The number of halogens is 2. The Morgan fingerprint density at radius 3 is 2.78 bits per heavy atom. The number of hydrogen-bond donors (Lipinski definition) is 1. The van der Waals surface area contributed by atoms with E-state index in [2.05, 4.69) is 0 Å². The Hall–Kier alpha value is -1.46. The van der Waals surface area contributed by atoms with Crippen molar-refractivity contribution in [3.05, 3.63) is 28.5 Å². The zero-order chi connectivity index (χ0) is 13.3. The normalized spacial score (nSPS) is 14.9. The van der Waals surface area contributed by atoms with Crippen molar-refractivity contribution in [2.75, 3.05) is 18.1 Å². The molecule has 0 fully saturated rings. The van der Waals surface area contributed by atoms with Crippen LogP contribution >= 0.6 is 11.6 Å². The summed E-state index contributed by atoms with van der Waals surface area (Å²) in [6.07, 6.45) is 0.228. The molecule has 1 aliphatic heterocycles. The number of fused-ring (bicyclic) bond motifs is 1. The molecule has 0 aromatic heterocycles. The molecule has 1 amide bonds. The molecule has 0 bridgehead atoms. The number of hydrogen-bond acceptors (Lipinski definition) is 3. The number of aliphatic hydroxyl groups is 1. The number of nitrogens with zero attached hydrogens (tertiary/aromatic N) is 1. The topological polar surface area (TPSA) is 57.6 Å². The summed E-state index contributed by atoms with van der Waals surface area (Å²) in [5, 5.41) is 8.69. The Balaban J connectivity index is 2.45. The highest BCUT2D eigenvalue weighted by atomic mass is 35.5. The summed E-state index contributed by atoms with van der Waals surface area (Å²) >= 11 is 5.68. The third-order valence-electron chi connectivity index (χ3n) is 2.79. The maximum atomic E-state index is 13.3. The molecule has 0 spiro atoms. The molecule has 1 aromatic rings. The number of amides is 1. The Bertz CT molecular complexity index is 518. The number of benzene rings is 1. The highest BCUT2D eigenvalue weighted by molar-refractivity contribution is 6.43. The van der Waals surface area contributed by atoms with E-state index in [4.69, 9.17) is 16.7 Å². The van der Waals surface area contributed by atoms with E-state index in [1.165, 1.54) is 17.0 Å². The number of anilines is 1. The van der Waals surface area contributed by atoms with E-state index >= 15 is 0 Å². The number of carbonyl (C=O) groups is 2. The lowest BCUT2D eigenvalue weighted by molar-refractivity contribution is -0.136. The van der Waals surface area contributed by atoms with Crippen LogP contribution in [0.2, 0.25) is 5.02 Å². The lowest BCUT2D eigenvalue weighted by Gasteiger charge is -2.28. The fraction of sp³-hybridized carbons (Fsp3) is 0.333. The molecule has 0 unspecified atom stereocenters. The monoisotopic (exact) mass is 271 g/mol. The first-order valence-corrected chi connectivity index (χ1v) is 5.86. The SMILES string of the molecule is O=C1Cc2cc(F)c(Cl)cc2N(CCCO)C1=O. The molecule has 0 saturated carbocycles. The van der Waals surface area contributed by atoms with Crippen LogP contribution in [0.15, 0.2) is 12.1 Å². The summed E-state index contributed by atoms with van der Waals surface area (Å²) < 4.78 is 13.3. The number of aliphatic hydroxyl groups excluding tert-OH is 1. The van der Waals surface area contributed by atoms with Crippen LogP contribution in [0.3, 0.4) is 0 Å². The molecule has 2 rings (SSSR count). The maximum Gasteiger partial charge on any atom is 0.294 e. The minimum absolute atomic E-state index is 0.0927. The van der Waals surface area contributed by atoms with E-state index < -0.39 is 17.5 Å². The van der Waals surface area contributed by atoms with Gasteiger partial charge in [0.15, 0.2) is 0 Å². The molecule has 0 saturated heterocycles. The van der Waals surface area contributed by atoms with Crippen LogP contribution in [0.1, 0.15) is 12.0 Å². The minimum Gasteiger partial charge on any atom is -0.396 e. The quantitative estimate of drug-likeness (QED) is 0.844. The summed E-state index contributed by atoms with van der Waals surface area (Å²) in [4.78, 5) is 24.5. The van der Waals surface area contributed by atoms with Gasteiger partial charge in [-0.1, -0.05) is 11.6 Å². The van der Waals surface area contributed by atoms with Gasteiger partial charge in [-0.2, -0.15) is 0 Å². The molecule has 6 heteroatoms. The highest BCUT2D eigenvalue weighted by Crippen LogP contribution is 2.31. The van der Waals surface area contributed by atoms with Crippen LogP contribution in [0.4, 0.5) is 10.1 Å². The maximum absolute atomic E-state index is 13.3. The van der Waals surface area contributed by atoms with E-state index in [1.807, 2.05) is 0 Å². The van der Waals surface area contributed by atoms with Gasteiger partial charge < -0.3 is 10.0 Å². The van der Waals surface area contributed by atoms with E-state index in [9.17, 15) is 14.0 Å². The van der Waals surface area contributed by atoms with Gasteiger partial charge in [0.1, 0.15) is 5.82 Å². The molecule has 18 heavy (non-hydrogen) atoms. The molecule has 4 nitrogen and oxygen atoms in total. The minimum atomic E-state index is -0.640. The van der Waals surface area contributed by atoms with E-state index in [0.717, 1.165) is 0 Å². The summed E-state index contributed by atoms with van der Waals surface area (Å²) in [6, 6.07) is 2.52. The van der Waals surface area contributed by atoms with Gasteiger partial charge in [-0.3, -0.25) is 9.59 Å². The van der Waals surface area contributed by atoms with Crippen molar-refractivity contribution in [1.29, 1.82) is 0 Å². The molecular weight excluding hydrogens is 261 g/mol. The Morgan fingerprint density at radius 1 is 1.39 bits per heavy atom. The van der Waals surface area contributed by atoms with E-state index in [-0.39, 0.29) is 24.6 Å². The molecule has 96 valence electrons. The first-order chi connectivity index (χ1) is 8.54. The lowest BCUT2D eigenvalue weighted by atomic mass is 10.00. The van der Waals surface area contributed by atoms with Gasteiger partial charge in [0.05, 0.1) is 5.02 Å². The Morgan fingerprint density at radius 2 is 2.11 bits per heavy atom. The Kier molecular flexibility index (Phi) is 3.63. The van der Waals surface area contributed by atoms with Gasteiger partial charge in [0.2, 0.25) is 5.78 Å². The summed E-state index contributed by atoms with van der Waals surface area (Å²) in [5.74, 6) is -1.83.